The largest absolute Gasteiger partial charge is 0.507 e. The second kappa shape index (κ2) is 3.01. The molecule has 1 N–H and O–H groups in total. The van der Waals surface area contributed by atoms with Gasteiger partial charge in [-0.2, -0.15) is 0 Å². The van der Waals surface area contributed by atoms with Crippen molar-refractivity contribution in [1.29, 1.82) is 0 Å². The zero-order valence-corrected chi connectivity index (χ0v) is 5.95. The minimum Gasteiger partial charge on any atom is -0.507 e. The van der Waals surface area contributed by atoms with Crippen LogP contribution in [0.4, 0.5) is 0 Å². The fraction of sp³-hybridized carbons (Fsp3) is 0. The Morgan fingerprint density at radius 1 is 1.45 bits per heavy atom. The van der Waals surface area contributed by atoms with E-state index in [9.17, 15) is 4.79 Å². The van der Waals surface area contributed by atoms with Gasteiger partial charge in [-0.25, -0.2) is 0 Å². The van der Waals surface area contributed by atoms with Gasteiger partial charge in [0.25, 0.3) is 0 Å². The molecule has 0 bridgehead atoms. The highest BCUT2D eigenvalue weighted by Crippen LogP contribution is 2.16. The maximum Gasteiger partial charge on any atom is 0.153 e. The first-order chi connectivity index (χ1) is 5.27. The molecule has 11 heavy (non-hydrogen) atoms. The number of hydrogen-bond donors (Lipinski definition) is 1. The molecule has 0 atom stereocenters. The molecule has 56 valence electrons. The number of carbonyl (C=O) groups excluding carboxylic acids is 1. The van der Waals surface area contributed by atoms with E-state index in [-0.39, 0.29) is 5.75 Å². The summed E-state index contributed by atoms with van der Waals surface area (Å²) in [5.74, 6) is 0.00519. The number of hydrogen-bond acceptors (Lipinski definition) is 2. The van der Waals surface area contributed by atoms with E-state index in [0.717, 1.165) is 5.56 Å². The van der Waals surface area contributed by atoms with Crippen LogP contribution in [0.15, 0.2) is 24.8 Å². The molecule has 1 aromatic rings. The molecular weight excluding hydrogens is 140 g/mol. The fourth-order valence-corrected chi connectivity index (χ4v) is 0.794. The van der Waals surface area contributed by atoms with Crippen molar-refractivity contribution >= 4 is 12.4 Å². The maximum atomic E-state index is 10.3. The first-order valence-corrected chi connectivity index (χ1v) is 3.18. The Balaban J connectivity index is 3.22. The van der Waals surface area contributed by atoms with E-state index in [2.05, 4.69) is 6.58 Å². The lowest BCUT2D eigenvalue weighted by Gasteiger charge is -1.97. The average molecular weight is 148 g/mol. The Kier molecular flexibility index (Phi) is 2.06. The van der Waals surface area contributed by atoms with Gasteiger partial charge in [0.2, 0.25) is 0 Å². The van der Waals surface area contributed by atoms with Crippen molar-refractivity contribution in [3.8, 4) is 5.75 Å². The van der Waals surface area contributed by atoms with E-state index >= 15 is 0 Å². The van der Waals surface area contributed by atoms with Gasteiger partial charge in [0, 0.05) is 0 Å². The highest BCUT2D eigenvalue weighted by Gasteiger charge is 1.97. The molecule has 0 aliphatic rings. The molecule has 0 saturated heterocycles. The summed E-state index contributed by atoms with van der Waals surface area (Å²) in [6, 6.07) is 4.74. The van der Waals surface area contributed by atoms with Crippen molar-refractivity contribution in [2.75, 3.05) is 0 Å². The van der Waals surface area contributed by atoms with Crippen LogP contribution in [0.3, 0.4) is 0 Å². The summed E-state index contributed by atoms with van der Waals surface area (Å²) in [5, 5.41) is 9.06. The molecule has 0 fully saturated rings. The molecule has 2 heteroatoms. The van der Waals surface area contributed by atoms with Crippen molar-refractivity contribution in [2.24, 2.45) is 0 Å². The van der Waals surface area contributed by atoms with E-state index in [1.165, 1.54) is 6.07 Å². The number of phenols is 1. The van der Waals surface area contributed by atoms with Crippen LogP contribution in [0.5, 0.6) is 5.75 Å². The molecule has 0 aliphatic carbocycles. The molecule has 0 amide bonds. The quantitative estimate of drug-likeness (QED) is 0.650. The van der Waals surface area contributed by atoms with Crippen LogP contribution >= 0.6 is 0 Å². The molecular formula is C9H8O2. The molecule has 0 heterocycles. The summed E-state index contributed by atoms with van der Waals surface area (Å²) < 4.78 is 0. The molecule has 0 saturated carbocycles. The summed E-state index contributed by atoms with van der Waals surface area (Å²) in [6.45, 7) is 3.54. The zero-order chi connectivity index (χ0) is 8.27. The lowest BCUT2D eigenvalue weighted by Crippen LogP contribution is -1.81. The van der Waals surface area contributed by atoms with Gasteiger partial charge >= 0.3 is 0 Å². The van der Waals surface area contributed by atoms with Gasteiger partial charge in [-0.3, -0.25) is 4.79 Å². The topological polar surface area (TPSA) is 37.3 Å². The zero-order valence-electron chi connectivity index (χ0n) is 5.95. The second-order valence-corrected chi connectivity index (χ2v) is 2.14. The monoisotopic (exact) mass is 148 g/mol. The summed E-state index contributed by atoms with van der Waals surface area (Å²) in [4.78, 5) is 10.3. The van der Waals surface area contributed by atoms with Gasteiger partial charge in [0.05, 0.1) is 5.56 Å². The van der Waals surface area contributed by atoms with Crippen molar-refractivity contribution < 1.29 is 9.90 Å². The first kappa shape index (κ1) is 7.54. The summed E-state index contributed by atoms with van der Waals surface area (Å²) in [7, 11) is 0. The highest BCUT2D eigenvalue weighted by molar-refractivity contribution is 5.80. The lowest BCUT2D eigenvalue weighted by molar-refractivity contribution is 0.112. The standard InChI is InChI=1S/C9H8O2/c1-2-7-3-4-9(11)8(5-7)6-10/h2-6,11H,1H2. The second-order valence-electron chi connectivity index (χ2n) is 2.14. The normalized spacial score (nSPS) is 9.09. The molecule has 0 aliphatic heterocycles. The van der Waals surface area contributed by atoms with Gasteiger partial charge in [-0.05, 0) is 17.7 Å². The van der Waals surface area contributed by atoms with Crippen molar-refractivity contribution in [3.05, 3.63) is 35.9 Å². The van der Waals surface area contributed by atoms with E-state index < -0.39 is 0 Å². The van der Waals surface area contributed by atoms with Crippen LogP contribution in [-0.4, -0.2) is 11.4 Å². The predicted molar refractivity (Wildman–Crippen MR) is 43.6 cm³/mol. The Hall–Kier alpha value is -1.57. The Morgan fingerprint density at radius 2 is 2.18 bits per heavy atom. The van der Waals surface area contributed by atoms with Gasteiger partial charge in [-0.1, -0.05) is 18.7 Å². The summed E-state index contributed by atoms with van der Waals surface area (Å²) in [5.41, 5.74) is 1.12. The molecule has 0 unspecified atom stereocenters. The Bertz CT molecular complexity index is 290. The first-order valence-electron chi connectivity index (χ1n) is 3.18. The number of phenolic OH excluding ortho intramolecular Hbond substituents is 1. The van der Waals surface area contributed by atoms with Crippen LogP contribution in [0, 0.1) is 0 Å². The molecule has 1 aromatic carbocycles. The van der Waals surface area contributed by atoms with Gasteiger partial charge in [0.1, 0.15) is 5.75 Å². The van der Waals surface area contributed by atoms with Gasteiger partial charge in [-0.15, -0.1) is 0 Å². The van der Waals surface area contributed by atoms with Crippen LogP contribution in [0.1, 0.15) is 15.9 Å². The Labute approximate surface area is 64.8 Å². The van der Waals surface area contributed by atoms with E-state index in [1.54, 1.807) is 18.2 Å². The van der Waals surface area contributed by atoms with Crippen molar-refractivity contribution in [3.63, 3.8) is 0 Å². The van der Waals surface area contributed by atoms with E-state index in [1.807, 2.05) is 0 Å². The van der Waals surface area contributed by atoms with E-state index in [4.69, 9.17) is 5.11 Å². The third-order valence-corrected chi connectivity index (χ3v) is 1.41. The third kappa shape index (κ3) is 1.46. The smallest absolute Gasteiger partial charge is 0.153 e. The number of aromatic hydroxyl groups is 1. The van der Waals surface area contributed by atoms with Gasteiger partial charge < -0.3 is 5.11 Å². The fourth-order valence-electron chi connectivity index (χ4n) is 0.794. The minimum absolute atomic E-state index is 0.00519. The number of carbonyl (C=O) groups is 1. The van der Waals surface area contributed by atoms with Crippen LogP contribution in [0.25, 0.3) is 6.08 Å². The maximum absolute atomic E-state index is 10.3. The van der Waals surface area contributed by atoms with Crippen LogP contribution in [-0.2, 0) is 0 Å². The van der Waals surface area contributed by atoms with Crippen LogP contribution < -0.4 is 0 Å². The summed E-state index contributed by atoms with van der Waals surface area (Å²) in [6.07, 6.45) is 2.23. The van der Waals surface area contributed by atoms with Crippen molar-refractivity contribution in [1.82, 2.24) is 0 Å². The highest BCUT2D eigenvalue weighted by atomic mass is 16.3. The molecule has 1 rings (SSSR count). The lowest BCUT2D eigenvalue weighted by atomic mass is 10.1. The third-order valence-electron chi connectivity index (χ3n) is 1.41. The Morgan fingerprint density at radius 3 is 2.73 bits per heavy atom. The average Bonchev–Trinajstić information content (AvgIpc) is 2.05. The number of rotatable bonds is 2. The molecule has 0 radical (unpaired) electrons. The number of aldehydes is 1. The minimum atomic E-state index is 0.00519. The molecule has 0 spiro atoms. The molecule has 0 aromatic heterocycles. The van der Waals surface area contributed by atoms with Gasteiger partial charge in [0.15, 0.2) is 6.29 Å². The van der Waals surface area contributed by atoms with Crippen molar-refractivity contribution in [2.45, 2.75) is 0 Å². The predicted octanol–water partition coefficient (Wildman–Crippen LogP) is 1.85. The number of benzene rings is 1. The molecule has 2 nitrogen and oxygen atoms in total. The summed E-state index contributed by atoms with van der Waals surface area (Å²) >= 11 is 0. The van der Waals surface area contributed by atoms with E-state index in [0.29, 0.717) is 11.8 Å². The van der Waals surface area contributed by atoms with Crippen LogP contribution in [0.2, 0.25) is 0 Å². The SMILES string of the molecule is C=Cc1ccc(O)c(C=O)c1.